The molecule has 1 aliphatic rings. The Hall–Kier alpha value is -1.96. The minimum Gasteiger partial charge on any atom is -0.449 e. The molecule has 0 bridgehead atoms. The number of benzene rings is 1. The average Bonchev–Trinajstić information content (AvgIpc) is 3.02. The van der Waals surface area contributed by atoms with Crippen LogP contribution in [0.4, 0.5) is 9.18 Å². The van der Waals surface area contributed by atoms with E-state index in [2.05, 4.69) is 26.6 Å². The molecule has 0 heterocycles. The number of imide groups is 1. The summed E-state index contributed by atoms with van der Waals surface area (Å²) < 4.78 is 19.0. The van der Waals surface area contributed by atoms with Gasteiger partial charge < -0.3 is 10.1 Å². The van der Waals surface area contributed by atoms with Crippen LogP contribution in [0.1, 0.15) is 43.0 Å². The molecule has 3 amide bonds. The molecule has 0 aliphatic heterocycles. The molecule has 1 aliphatic carbocycles. The van der Waals surface area contributed by atoms with Crippen LogP contribution in [0.15, 0.2) is 22.7 Å². The van der Waals surface area contributed by atoms with Gasteiger partial charge in [0.1, 0.15) is 5.82 Å². The van der Waals surface area contributed by atoms with Gasteiger partial charge in [0, 0.05) is 10.5 Å². The smallest absolute Gasteiger partial charge is 0.341 e. The second-order valence-corrected chi connectivity index (χ2v) is 6.53. The molecule has 6 nitrogen and oxygen atoms in total. The summed E-state index contributed by atoms with van der Waals surface area (Å²) in [4.78, 5) is 35.5. The second kappa shape index (κ2) is 8.23. The van der Waals surface area contributed by atoms with Gasteiger partial charge in [0.15, 0.2) is 6.10 Å². The Kier molecular flexibility index (Phi) is 6.30. The van der Waals surface area contributed by atoms with E-state index in [0.717, 1.165) is 31.7 Å². The summed E-state index contributed by atoms with van der Waals surface area (Å²) in [5.74, 6) is -2.50. The molecule has 1 aromatic rings. The highest BCUT2D eigenvalue weighted by Gasteiger charge is 2.24. The van der Waals surface area contributed by atoms with Crippen LogP contribution in [0.3, 0.4) is 0 Å². The van der Waals surface area contributed by atoms with Gasteiger partial charge in [-0.25, -0.2) is 14.0 Å². The van der Waals surface area contributed by atoms with Crippen molar-refractivity contribution in [1.29, 1.82) is 0 Å². The highest BCUT2D eigenvalue weighted by Crippen LogP contribution is 2.18. The van der Waals surface area contributed by atoms with Crippen LogP contribution in [0.2, 0.25) is 0 Å². The lowest BCUT2D eigenvalue weighted by Gasteiger charge is -2.15. The van der Waals surface area contributed by atoms with Gasteiger partial charge in [-0.05, 0) is 38.0 Å². The average molecular weight is 401 g/mol. The standard InChI is InChI=1S/C16H18BrFN2O4/c1-9(14(21)20-16(23)19-11-4-2-3-5-11)24-15(22)12-8-10(17)6-7-13(12)18/h6-9,11H,2-5H2,1H3,(H2,19,20,21,23)/t9-/m1/s1. The number of carbonyl (C=O) groups is 3. The number of hydrogen-bond donors (Lipinski definition) is 2. The summed E-state index contributed by atoms with van der Waals surface area (Å²) in [6, 6.07) is 3.25. The maximum absolute atomic E-state index is 13.6. The fourth-order valence-corrected chi connectivity index (χ4v) is 2.80. The summed E-state index contributed by atoms with van der Waals surface area (Å²) in [5, 5.41) is 4.81. The third-order valence-corrected chi connectivity index (χ3v) is 4.22. The SMILES string of the molecule is C[C@@H](OC(=O)c1cc(Br)ccc1F)C(=O)NC(=O)NC1CCCC1. The topological polar surface area (TPSA) is 84.5 Å². The van der Waals surface area contributed by atoms with Gasteiger partial charge in [-0.3, -0.25) is 10.1 Å². The van der Waals surface area contributed by atoms with Crippen molar-refractivity contribution in [2.75, 3.05) is 0 Å². The number of ether oxygens (including phenoxy) is 1. The molecule has 8 heteroatoms. The highest BCUT2D eigenvalue weighted by molar-refractivity contribution is 9.10. The number of esters is 1. The molecule has 0 radical (unpaired) electrons. The van der Waals surface area contributed by atoms with Gasteiger partial charge in [0.05, 0.1) is 5.56 Å². The first kappa shape index (κ1) is 18.4. The van der Waals surface area contributed by atoms with E-state index in [1.807, 2.05) is 0 Å². The van der Waals surface area contributed by atoms with Gasteiger partial charge in [-0.2, -0.15) is 0 Å². The summed E-state index contributed by atoms with van der Waals surface area (Å²) >= 11 is 3.13. The van der Waals surface area contributed by atoms with Crippen molar-refractivity contribution >= 4 is 33.8 Å². The van der Waals surface area contributed by atoms with Gasteiger partial charge >= 0.3 is 12.0 Å². The highest BCUT2D eigenvalue weighted by atomic mass is 79.9. The maximum atomic E-state index is 13.6. The number of hydrogen-bond acceptors (Lipinski definition) is 4. The molecular formula is C16H18BrFN2O4. The zero-order valence-corrected chi connectivity index (χ0v) is 14.7. The van der Waals surface area contributed by atoms with Crippen LogP contribution in [0.5, 0.6) is 0 Å². The van der Waals surface area contributed by atoms with E-state index in [-0.39, 0.29) is 11.6 Å². The maximum Gasteiger partial charge on any atom is 0.341 e. The molecule has 2 N–H and O–H groups in total. The summed E-state index contributed by atoms with van der Waals surface area (Å²) in [7, 11) is 0. The van der Waals surface area contributed by atoms with Crippen LogP contribution in [0.25, 0.3) is 0 Å². The molecule has 1 fully saturated rings. The molecule has 0 spiro atoms. The van der Waals surface area contributed by atoms with Gasteiger partial charge in [0.25, 0.3) is 5.91 Å². The molecule has 1 saturated carbocycles. The molecule has 0 saturated heterocycles. The molecule has 24 heavy (non-hydrogen) atoms. The van der Waals surface area contributed by atoms with Gasteiger partial charge in [-0.1, -0.05) is 28.8 Å². The fraction of sp³-hybridized carbons (Fsp3) is 0.438. The van der Waals surface area contributed by atoms with Gasteiger partial charge in [0.2, 0.25) is 0 Å². The molecular weight excluding hydrogens is 383 g/mol. The number of nitrogens with one attached hydrogen (secondary N) is 2. The van der Waals surface area contributed by atoms with Crippen molar-refractivity contribution in [3.8, 4) is 0 Å². The summed E-state index contributed by atoms with van der Waals surface area (Å²) in [6.07, 6.45) is 2.63. The Morgan fingerprint density at radius 2 is 1.96 bits per heavy atom. The largest absolute Gasteiger partial charge is 0.449 e. The Balaban J connectivity index is 1.87. The number of amides is 3. The third-order valence-electron chi connectivity index (χ3n) is 3.73. The lowest BCUT2D eigenvalue weighted by atomic mass is 10.2. The molecule has 0 aromatic heterocycles. The van der Waals surface area contributed by atoms with E-state index in [1.54, 1.807) is 0 Å². The van der Waals surface area contributed by atoms with Crippen molar-refractivity contribution in [2.45, 2.75) is 44.8 Å². The zero-order chi connectivity index (χ0) is 17.7. The number of halogens is 2. The van der Waals surface area contributed by atoms with Crippen LogP contribution >= 0.6 is 15.9 Å². The Labute approximate surface area is 147 Å². The van der Waals surface area contributed by atoms with E-state index >= 15 is 0 Å². The molecule has 1 aromatic carbocycles. The lowest BCUT2D eigenvalue weighted by Crippen LogP contribution is -2.47. The first-order chi connectivity index (χ1) is 11.4. The molecule has 2 rings (SSSR count). The summed E-state index contributed by atoms with van der Waals surface area (Å²) in [6.45, 7) is 1.31. The van der Waals surface area contributed by atoms with E-state index < -0.39 is 29.8 Å². The first-order valence-corrected chi connectivity index (χ1v) is 8.43. The van der Waals surface area contributed by atoms with Crippen molar-refractivity contribution in [2.24, 2.45) is 0 Å². The quantitative estimate of drug-likeness (QED) is 0.760. The van der Waals surface area contributed by atoms with E-state index in [4.69, 9.17) is 4.74 Å². The Bertz CT molecular complexity index is 647. The zero-order valence-electron chi connectivity index (χ0n) is 13.1. The van der Waals surface area contributed by atoms with Crippen LogP contribution < -0.4 is 10.6 Å². The van der Waals surface area contributed by atoms with Crippen molar-refractivity contribution in [3.05, 3.63) is 34.1 Å². The number of rotatable bonds is 4. The minimum absolute atomic E-state index is 0.0615. The van der Waals surface area contributed by atoms with Crippen molar-refractivity contribution < 1.29 is 23.5 Å². The van der Waals surface area contributed by atoms with Crippen LogP contribution in [-0.4, -0.2) is 30.1 Å². The normalized spacial score (nSPS) is 15.6. The van der Waals surface area contributed by atoms with Gasteiger partial charge in [-0.15, -0.1) is 0 Å². The minimum atomic E-state index is -1.23. The second-order valence-electron chi connectivity index (χ2n) is 5.62. The molecule has 0 unspecified atom stereocenters. The molecule has 130 valence electrons. The number of carbonyl (C=O) groups excluding carboxylic acids is 3. The third kappa shape index (κ3) is 5.02. The predicted molar refractivity (Wildman–Crippen MR) is 87.9 cm³/mol. The van der Waals surface area contributed by atoms with Crippen LogP contribution in [0, 0.1) is 5.82 Å². The first-order valence-electron chi connectivity index (χ1n) is 7.64. The Morgan fingerprint density at radius 1 is 1.29 bits per heavy atom. The lowest BCUT2D eigenvalue weighted by molar-refractivity contribution is -0.127. The van der Waals surface area contributed by atoms with Crippen molar-refractivity contribution in [1.82, 2.24) is 10.6 Å². The van der Waals surface area contributed by atoms with E-state index in [9.17, 15) is 18.8 Å². The monoisotopic (exact) mass is 400 g/mol. The predicted octanol–water partition coefficient (Wildman–Crippen LogP) is 2.90. The fourth-order valence-electron chi connectivity index (χ4n) is 2.44. The molecule has 1 atom stereocenters. The van der Waals surface area contributed by atoms with E-state index in [1.165, 1.54) is 19.1 Å². The number of urea groups is 1. The van der Waals surface area contributed by atoms with Crippen LogP contribution in [-0.2, 0) is 9.53 Å². The summed E-state index contributed by atoms with van der Waals surface area (Å²) in [5.41, 5.74) is -0.292. The van der Waals surface area contributed by atoms with E-state index in [0.29, 0.717) is 4.47 Å². The Morgan fingerprint density at radius 3 is 2.62 bits per heavy atom. The van der Waals surface area contributed by atoms with Crippen molar-refractivity contribution in [3.63, 3.8) is 0 Å².